The van der Waals surface area contributed by atoms with Crippen LogP contribution in [0.4, 0.5) is 0 Å². The van der Waals surface area contributed by atoms with Crippen LogP contribution in [0.1, 0.15) is 58.8 Å². The fraction of sp³-hybridized carbons (Fsp3) is 0.812. The van der Waals surface area contributed by atoms with Crippen molar-refractivity contribution in [2.45, 2.75) is 65.1 Å². The third kappa shape index (κ3) is 2.77. The van der Waals surface area contributed by atoms with Gasteiger partial charge in [0.05, 0.1) is 6.04 Å². The van der Waals surface area contributed by atoms with Crippen molar-refractivity contribution in [3.8, 4) is 0 Å². The molecule has 2 rings (SSSR count). The molecule has 2 unspecified atom stereocenters. The maximum Gasteiger partial charge on any atom is 0.127 e. The molecule has 20 heavy (non-hydrogen) atoms. The molecule has 1 aliphatic heterocycles. The number of aryl methyl sites for hydroxylation is 1. The Morgan fingerprint density at radius 3 is 2.55 bits per heavy atom. The summed E-state index contributed by atoms with van der Waals surface area (Å²) in [6, 6.07) is 0.297. The fourth-order valence-electron chi connectivity index (χ4n) is 3.48. The topological polar surface area (TPSA) is 33.1 Å². The van der Waals surface area contributed by atoms with Gasteiger partial charge in [-0.05, 0) is 52.7 Å². The summed E-state index contributed by atoms with van der Waals surface area (Å²) in [6.45, 7) is 13.5. The molecular weight excluding hydrogens is 248 g/mol. The first-order valence-electron chi connectivity index (χ1n) is 8.16. The molecule has 1 aromatic heterocycles. The molecule has 114 valence electrons. The smallest absolute Gasteiger partial charge is 0.127 e. The van der Waals surface area contributed by atoms with Gasteiger partial charge in [-0.15, -0.1) is 0 Å². The molecule has 1 saturated heterocycles. The molecule has 0 saturated carbocycles. The summed E-state index contributed by atoms with van der Waals surface area (Å²) >= 11 is 0. The highest BCUT2D eigenvalue weighted by Gasteiger charge is 2.41. The van der Waals surface area contributed by atoms with Gasteiger partial charge in [0.2, 0.25) is 0 Å². The van der Waals surface area contributed by atoms with E-state index in [9.17, 15) is 0 Å². The number of nitrogens with one attached hydrogen (secondary N) is 1. The van der Waals surface area contributed by atoms with E-state index in [0.29, 0.717) is 6.04 Å². The quantitative estimate of drug-likeness (QED) is 0.832. The first-order valence-corrected chi connectivity index (χ1v) is 8.16. The minimum atomic E-state index is 0.144. The Kier molecular flexibility index (Phi) is 5.22. The van der Waals surface area contributed by atoms with Crippen molar-refractivity contribution in [2.24, 2.45) is 0 Å². The average Bonchev–Trinajstić information content (AvgIpc) is 3.14. The van der Waals surface area contributed by atoms with Crippen molar-refractivity contribution in [1.82, 2.24) is 19.8 Å². The van der Waals surface area contributed by atoms with Gasteiger partial charge in [0.25, 0.3) is 0 Å². The predicted molar refractivity (Wildman–Crippen MR) is 83.8 cm³/mol. The van der Waals surface area contributed by atoms with Crippen LogP contribution in [0.15, 0.2) is 12.4 Å². The van der Waals surface area contributed by atoms with E-state index in [1.807, 2.05) is 6.20 Å². The number of likely N-dealkylation sites (tertiary alicyclic amines) is 1. The molecule has 0 bridgehead atoms. The Hall–Kier alpha value is -0.870. The van der Waals surface area contributed by atoms with E-state index in [1.54, 1.807) is 0 Å². The van der Waals surface area contributed by atoms with Crippen molar-refractivity contribution in [3.63, 3.8) is 0 Å². The minimum absolute atomic E-state index is 0.144. The molecule has 0 aliphatic carbocycles. The lowest BCUT2D eigenvalue weighted by Gasteiger charge is -2.44. The number of nitrogens with zero attached hydrogens (tertiary/aromatic N) is 3. The molecule has 2 heterocycles. The van der Waals surface area contributed by atoms with Crippen LogP contribution in [0.25, 0.3) is 0 Å². The molecular formula is C16H30N4. The Labute approximate surface area is 123 Å². The minimum Gasteiger partial charge on any atom is -0.334 e. The number of imidazole rings is 1. The zero-order valence-corrected chi connectivity index (χ0v) is 13.5. The molecule has 0 radical (unpaired) electrons. The van der Waals surface area contributed by atoms with E-state index >= 15 is 0 Å². The summed E-state index contributed by atoms with van der Waals surface area (Å²) in [5, 5.41) is 3.70. The molecule has 1 aliphatic rings. The van der Waals surface area contributed by atoms with Gasteiger partial charge in [-0.3, -0.25) is 4.90 Å². The van der Waals surface area contributed by atoms with E-state index in [-0.39, 0.29) is 5.54 Å². The van der Waals surface area contributed by atoms with Gasteiger partial charge in [-0.2, -0.15) is 0 Å². The Balaban J connectivity index is 2.34. The number of aromatic nitrogens is 2. The number of likely N-dealkylation sites (N-methyl/N-ethyl adjacent to an activating group) is 1. The van der Waals surface area contributed by atoms with Gasteiger partial charge in [-0.25, -0.2) is 4.98 Å². The van der Waals surface area contributed by atoms with Crippen LogP contribution in [0.2, 0.25) is 0 Å². The normalized spacial score (nSPS) is 21.0. The van der Waals surface area contributed by atoms with Crippen LogP contribution >= 0.6 is 0 Å². The molecule has 1 fully saturated rings. The number of hydrogen-bond acceptors (Lipinski definition) is 3. The van der Waals surface area contributed by atoms with Crippen LogP contribution in [-0.2, 0) is 6.54 Å². The van der Waals surface area contributed by atoms with Crippen LogP contribution in [-0.4, -0.2) is 39.6 Å². The highest BCUT2D eigenvalue weighted by atomic mass is 15.3. The second-order valence-electron chi connectivity index (χ2n) is 5.97. The van der Waals surface area contributed by atoms with Crippen molar-refractivity contribution >= 4 is 0 Å². The fourth-order valence-corrected chi connectivity index (χ4v) is 3.48. The Morgan fingerprint density at radius 2 is 2.00 bits per heavy atom. The standard InChI is InChI=1S/C16H30N4/c1-5-16(4,20-11-8-9-12-20)14(17-6-2)15-18-10-13-19(15)7-3/h10,13-14,17H,5-9,11-12H2,1-4H3. The molecule has 1 N–H and O–H groups in total. The van der Waals surface area contributed by atoms with Crippen molar-refractivity contribution in [2.75, 3.05) is 19.6 Å². The third-order valence-electron chi connectivity index (χ3n) is 4.92. The van der Waals surface area contributed by atoms with Crippen LogP contribution < -0.4 is 5.32 Å². The largest absolute Gasteiger partial charge is 0.334 e. The van der Waals surface area contributed by atoms with Crippen molar-refractivity contribution in [1.29, 1.82) is 0 Å². The molecule has 4 heteroatoms. The van der Waals surface area contributed by atoms with Gasteiger partial charge in [0.1, 0.15) is 5.82 Å². The summed E-state index contributed by atoms with van der Waals surface area (Å²) in [4.78, 5) is 7.33. The Bertz CT molecular complexity index is 408. The average molecular weight is 278 g/mol. The molecule has 2 atom stereocenters. The molecule has 0 spiro atoms. The summed E-state index contributed by atoms with van der Waals surface area (Å²) < 4.78 is 2.28. The molecule has 1 aromatic rings. The maximum absolute atomic E-state index is 4.67. The van der Waals surface area contributed by atoms with Crippen LogP contribution in [0.3, 0.4) is 0 Å². The van der Waals surface area contributed by atoms with E-state index in [4.69, 9.17) is 0 Å². The lowest BCUT2D eigenvalue weighted by Crippen LogP contribution is -2.54. The van der Waals surface area contributed by atoms with E-state index in [0.717, 1.165) is 19.5 Å². The van der Waals surface area contributed by atoms with Gasteiger partial charge in [0, 0.05) is 24.5 Å². The van der Waals surface area contributed by atoms with E-state index in [1.165, 1.54) is 31.8 Å². The van der Waals surface area contributed by atoms with Gasteiger partial charge in [0.15, 0.2) is 0 Å². The second kappa shape index (κ2) is 6.72. The zero-order chi connectivity index (χ0) is 14.6. The lowest BCUT2D eigenvalue weighted by atomic mass is 9.86. The Morgan fingerprint density at radius 1 is 1.30 bits per heavy atom. The highest BCUT2D eigenvalue weighted by Crippen LogP contribution is 2.35. The second-order valence-corrected chi connectivity index (χ2v) is 5.97. The molecule has 4 nitrogen and oxygen atoms in total. The number of rotatable bonds is 7. The van der Waals surface area contributed by atoms with E-state index in [2.05, 4.69) is 53.7 Å². The summed E-state index contributed by atoms with van der Waals surface area (Å²) in [6.07, 6.45) is 7.83. The van der Waals surface area contributed by atoms with Gasteiger partial charge >= 0.3 is 0 Å². The van der Waals surface area contributed by atoms with Crippen LogP contribution in [0, 0.1) is 0 Å². The summed E-state index contributed by atoms with van der Waals surface area (Å²) in [7, 11) is 0. The third-order valence-corrected chi connectivity index (χ3v) is 4.92. The van der Waals surface area contributed by atoms with Crippen molar-refractivity contribution in [3.05, 3.63) is 18.2 Å². The van der Waals surface area contributed by atoms with Crippen LogP contribution in [0.5, 0.6) is 0 Å². The zero-order valence-electron chi connectivity index (χ0n) is 13.5. The maximum atomic E-state index is 4.67. The first-order chi connectivity index (χ1) is 9.67. The van der Waals surface area contributed by atoms with Crippen molar-refractivity contribution < 1.29 is 0 Å². The lowest BCUT2D eigenvalue weighted by molar-refractivity contribution is 0.0795. The van der Waals surface area contributed by atoms with Gasteiger partial charge in [-0.1, -0.05) is 13.8 Å². The first kappa shape index (κ1) is 15.5. The number of hydrogen-bond donors (Lipinski definition) is 1. The summed E-state index contributed by atoms with van der Waals surface area (Å²) in [5.41, 5.74) is 0.144. The SMILES string of the molecule is CCNC(c1nccn1CC)C(C)(CC)N1CCCC1. The summed E-state index contributed by atoms with van der Waals surface area (Å²) in [5.74, 6) is 1.19. The predicted octanol–water partition coefficient (Wildman–Crippen LogP) is 2.82. The highest BCUT2D eigenvalue weighted by molar-refractivity contribution is 5.10. The van der Waals surface area contributed by atoms with E-state index < -0.39 is 0 Å². The molecule has 0 amide bonds. The van der Waals surface area contributed by atoms with Gasteiger partial charge < -0.3 is 9.88 Å². The molecule has 0 aromatic carbocycles. The monoisotopic (exact) mass is 278 g/mol.